The van der Waals surface area contributed by atoms with E-state index in [4.69, 9.17) is 14.6 Å². The first-order chi connectivity index (χ1) is 14.7. The van der Waals surface area contributed by atoms with Gasteiger partial charge in [-0.25, -0.2) is 13.2 Å². The van der Waals surface area contributed by atoms with Crippen LogP contribution in [0.15, 0.2) is 36.4 Å². The standard InChI is InChI=1S/C20H22F2O9S/c1-4-19(2,3)17(24)31-15-8-6-12-9-14(7-5-13(12)10-15)30-16(23)11-29-18(25)20(21,22)32(26,27)28/h5-10,18,25H,4,11H2,1-3H3,(H,26,27,28)/p-1. The molecule has 1 N–H and O–H groups in total. The fourth-order valence-electron chi connectivity index (χ4n) is 2.25. The largest absolute Gasteiger partial charge is 0.743 e. The zero-order valence-electron chi connectivity index (χ0n) is 17.3. The molecule has 0 bridgehead atoms. The molecule has 0 heterocycles. The summed E-state index contributed by atoms with van der Waals surface area (Å²) in [5, 5.41) is 5.13. The molecule has 0 saturated heterocycles. The van der Waals surface area contributed by atoms with Crippen LogP contribution in [0.25, 0.3) is 10.8 Å². The Hall–Kier alpha value is -2.67. The van der Waals surface area contributed by atoms with Crippen molar-refractivity contribution in [3.05, 3.63) is 36.4 Å². The maximum Gasteiger partial charge on any atom is 0.383 e. The first-order valence-electron chi connectivity index (χ1n) is 9.27. The van der Waals surface area contributed by atoms with Crippen LogP contribution in [0.3, 0.4) is 0 Å². The van der Waals surface area contributed by atoms with Gasteiger partial charge >= 0.3 is 17.2 Å². The highest BCUT2D eigenvalue weighted by Crippen LogP contribution is 2.28. The zero-order chi connectivity index (χ0) is 24.3. The molecule has 2 aromatic rings. The number of hydrogen-bond donors (Lipinski definition) is 1. The van der Waals surface area contributed by atoms with E-state index in [-0.39, 0.29) is 11.7 Å². The summed E-state index contributed by atoms with van der Waals surface area (Å²) in [5.41, 5.74) is -0.648. The van der Waals surface area contributed by atoms with E-state index in [0.717, 1.165) is 0 Å². The lowest BCUT2D eigenvalue weighted by molar-refractivity contribution is -0.202. The minimum absolute atomic E-state index is 0.000609. The number of carbonyl (C=O) groups excluding carboxylic acids is 2. The lowest BCUT2D eigenvalue weighted by Gasteiger charge is -2.24. The molecule has 0 aromatic heterocycles. The Bertz CT molecular complexity index is 1110. The molecule has 0 spiro atoms. The van der Waals surface area contributed by atoms with Crippen molar-refractivity contribution >= 4 is 32.8 Å². The van der Waals surface area contributed by atoms with Crippen LogP contribution < -0.4 is 9.47 Å². The van der Waals surface area contributed by atoms with Crippen molar-refractivity contribution in [3.63, 3.8) is 0 Å². The van der Waals surface area contributed by atoms with Gasteiger partial charge in [-0.1, -0.05) is 19.1 Å². The lowest BCUT2D eigenvalue weighted by atomic mass is 9.91. The molecule has 176 valence electrons. The third-order valence-corrected chi connectivity index (χ3v) is 5.51. The maximum absolute atomic E-state index is 13.1. The van der Waals surface area contributed by atoms with E-state index in [1.54, 1.807) is 38.1 Å². The van der Waals surface area contributed by atoms with Crippen molar-refractivity contribution < 1.29 is 50.7 Å². The van der Waals surface area contributed by atoms with Gasteiger partial charge in [-0.2, -0.15) is 8.78 Å². The van der Waals surface area contributed by atoms with E-state index in [2.05, 4.69) is 4.74 Å². The summed E-state index contributed by atoms with van der Waals surface area (Å²) >= 11 is 0. The molecule has 0 aliphatic rings. The molecule has 0 radical (unpaired) electrons. The van der Waals surface area contributed by atoms with E-state index in [1.807, 2.05) is 6.92 Å². The van der Waals surface area contributed by atoms with Gasteiger partial charge in [0.1, 0.15) is 18.1 Å². The number of aliphatic hydroxyl groups excluding tert-OH is 1. The average Bonchev–Trinajstić information content (AvgIpc) is 2.71. The highest BCUT2D eigenvalue weighted by Gasteiger charge is 2.47. The fourth-order valence-corrected chi connectivity index (χ4v) is 2.56. The van der Waals surface area contributed by atoms with Crippen molar-refractivity contribution in [3.8, 4) is 11.5 Å². The molecular formula is C20H21F2O9S-. The number of esters is 2. The molecule has 9 nitrogen and oxygen atoms in total. The summed E-state index contributed by atoms with van der Waals surface area (Å²) in [4.78, 5) is 23.9. The number of fused-ring (bicyclic) bond motifs is 1. The highest BCUT2D eigenvalue weighted by atomic mass is 32.2. The highest BCUT2D eigenvalue weighted by molar-refractivity contribution is 7.86. The normalized spacial score (nSPS) is 13.6. The molecule has 0 saturated carbocycles. The summed E-state index contributed by atoms with van der Waals surface area (Å²) in [6.07, 6.45) is -2.74. The Labute approximate surface area is 182 Å². The predicted molar refractivity (Wildman–Crippen MR) is 106 cm³/mol. The van der Waals surface area contributed by atoms with Gasteiger partial charge < -0.3 is 23.9 Å². The molecule has 0 aliphatic carbocycles. The number of halogens is 2. The number of carbonyl (C=O) groups is 2. The minimum Gasteiger partial charge on any atom is -0.743 e. The van der Waals surface area contributed by atoms with Crippen LogP contribution in [0.5, 0.6) is 11.5 Å². The Morgan fingerprint density at radius 3 is 2.03 bits per heavy atom. The SMILES string of the molecule is CCC(C)(C)C(=O)Oc1ccc2cc(OC(=O)COC(O)C(F)(F)S(=O)(=O)[O-])ccc2c1. The molecule has 0 aliphatic heterocycles. The van der Waals surface area contributed by atoms with Gasteiger partial charge in [-0.3, -0.25) is 4.79 Å². The van der Waals surface area contributed by atoms with Crippen LogP contribution in [0.1, 0.15) is 27.2 Å². The number of aliphatic hydroxyl groups is 1. The minimum atomic E-state index is -6.20. The van der Waals surface area contributed by atoms with Gasteiger partial charge in [0, 0.05) is 0 Å². The summed E-state index contributed by atoms with van der Waals surface area (Å²) < 4.78 is 71.8. The zero-order valence-corrected chi connectivity index (χ0v) is 18.1. The third-order valence-electron chi connectivity index (χ3n) is 4.64. The van der Waals surface area contributed by atoms with Crippen LogP contribution >= 0.6 is 0 Å². The topological polar surface area (TPSA) is 139 Å². The number of alkyl halides is 2. The van der Waals surface area contributed by atoms with Gasteiger partial charge in [0.25, 0.3) is 0 Å². The van der Waals surface area contributed by atoms with Gasteiger partial charge in [-0.05, 0) is 55.3 Å². The van der Waals surface area contributed by atoms with Gasteiger partial charge in [0.05, 0.1) is 5.41 Å². The Kier molecular flexibility index (Phi) is 7.55. The molecule has 12 heteroatoms. The number of ether oxygens (including phenoxy) is 3. The molecule has 2 aromatic carbocycles. The second-order valence-electron chi connectivity index (χ2n) is 7.45. The van der Waals surface area contributed by atoms with Gasteiger partial charge in [0.15, 0.2) is 10.1 Å². The van der Waals surface area contributed by atoms with Crippen molar-refractivity contribution in [2.75, 3.05) is 6.61 Å². The molecular weight excluding hydrogens is 454 g/mol. The van der Waals surface area contributed by atoms with Crippen molar-refractivity contribution in [2.24, 2.45) is 5.41 Å². The molecule has 1 atom stereocenters. The van der Waals surface area contributed by atoms with E-state index in [0.29, 0.717) is 22.9 Å². The van der Waals surface area contributed by atoms with Gasteiger partial charge in [-0.15, -0.1) is 0 Å². The second kappa shape index (κ2) is 9.45. The first kappa shape index (κ1) is 25.6. The Morgan fingerprint density at radius 2 is 1.56 bits per heavy atom. The number of hydrogen-bond acceptors (Lipinski definition) is 9. The predicted octanol–water partition coefficient (Wildman–Crippen LogP) is 2.56. The van der Waals surface area contributed by atoms with E-state index >= 15 is 0 Å². The number of benzene rings is 2. The summed E-state index contributed by atoms with van der Waals surface area (Å²) in [6.45, 7) is 4.15. The first-order valence-corrected chi connectivity index (χ1v) is 10.7. The second-order valence-corrected chi connectivity index (χ2v) is 8.90. The molecule has 0 fully saturated rings. The van der Waals surface area contributed by atoms with E-state index in [9.17, 15) is 31.3 Å². The average molecular weight is 475 g/mol. The van der Waals surface area contributed by atoms with Crippen LogP contribution in [-0.2, 0) is 24.4 Å². The van der Waals surface area contributed by atoms with Crippen LogP contribution in [0.2, 0.25) is 0 Å². The van der Waals surface area contributed by atoms with Crippen LogP contribution in [0, 0.1) is 5.41 Å². The molecule has 1 unspecified atom stereocenters. The fraction of sp³-hybridized carbons (Fsp3) is 0.400. The van der Waals surface area contributed by atoms with Crippen LogP contribution in [-0.4, -0.2) is 48.2 Å². The molecule has 32 heavy (non-hydrogen) atoms. The molecule has 2 rings (SSSR count). The summed E-state index contributed by atoms with van der Waals surface area (Å²) in [7, 11) is -6.20. The maximum atomic E-state index is 13.1. The third kappa shape index (κ3) is 5.97. The monoisotopic (exact) mass is 475 g/mol. The van der Waals surface area contributed by atoms with Gasteiger partial charge in [0.2, 0.25) is 6.29 Å². The Balaban J connectivity index is 2.04. The van der Waals surface area contributed by atoms with Crippen LogP contribution in [0.4, 0.5) is 8.78 Å². The molecule has 0 amide bonds. The summed E-state index contributed by atoms with van der Waals surface area (Å²) in [6, 6.07) is 9.11. The number of rotatable bonds is 9. The van der Waals surface area contributed by atoms with Crippen molar-refractivity contribution in [1.82, 2.24) is 0 Å². The van der Waals surface area contributed by atoms with Crippen molar-refractivity contribution in [2.45, 2.75) is 38.7 Å². The smallest absolute Gasteiger partial charge is 0.383 e. The lowest BCUT2D eigenvalue weighted by Crippen LogP contribution is -2.43. The van der Waals surface area contributed by atoms with E-state index < -0.39 is 39.7 Å². The Morgan fingerprint density at radius 1 is 1.06 bits per heavy atom. The summed E-state index contributed by atoms with van der Waals surface area (Å²) in [5.74, 6) is -1.29. The quantitative estimate of drug-likeness (QED) is 0.251. The van der Waals surface area contributed by atoms with Crippen molar-refractivity contribution in [1.29, 1.82) is 0 Å². The van der Waals surface area contributed by atoms with E-state index in [1.165, 1.54) is 12.1 Å².